The van der Waals surface area contributed by atoms with Crippen LogP contribution in [0.25, 0.3) is 0 Å². The number of ether oxygens (including phenoxy) is 1. The maximum atomic E-state index is 12.4. The molecular weight excluding hydrogens is 372 g/mol. The molecule has 10 heteroatoms. The molecule has 1 aliphatic rings. The Bertz CT molecular complexity index is 850. The molecule has 0 saturated carbocycles. The van der Waals surface area contributed by atoms with Gasteiger partial charge in [-0.05, 0) is 32.0 Å². The normalized spacial score (nSPS) is 18.1. The maximum absolute atomic E-state index is 12.4. The summed E-state index contributed by atoms with van der Waals surface area (Å²) in [6.07, 6.45) is 0. The number of benzene rings is 1. The van der Waals surface area contributed by atoms with Crippen LogP contribution < -0.4 is 9.62 Å². The maximum Gasteiger partial charge on any atom is 0.325 e. The number of hydrogen-bond donors (Lipinski definition) is 1. The molecular formula is C15H17ClN2O6S. The van der Waals surface area contributed by atoms with E-state index in [4.69, 9.17) is 11.6 Å². The van der Waals surface area contributed by atoms with Crippen LogP contribution in [0, 0.1) is 5.41 Å². The van der Waals surface area contributed by atoms with Crippen LogP contribution in [-0.2, 0) is 24.3 Å². The number of amides is 2. The minimum Gasteiger partial charge on any atom is -0.468 e. The highest BCUT2D eigenvalue weighted by Crippen LogP contribution is 2.36. The number of nitrogens with one attached hydrogen (secondary N) is 1. The Morgan fingerprint density at radius 1 is 1.36 bits per heavy atom. The molecule has 1 aliphatic heterocycles. The van der Waals surface area contributed by atoms with Gasteiger partial charge in [0.15, 0.2) is 0 Å². The van der Waals surface area contributed by atoms with Crippen molar-refractivity contribution < 1.29 is 27.5 Å². The lowest BCUT2D eigenvalue weighted by Crippen LogP contribution is -2.33. The fourth-order valence-electron chi connectivity index (χ4n) is 2.39. The van der Waals surface area contributed by atoms with Crippen molar-refractivity contribution >= 4 is 45.1 Å². The Hall–Kier alpha value is -2.13. The molecule has 0 radical (unpaired) electrons. The molecule has 0 aliphatic carbocycles. The predicted molar refractivity (Wildman–Crippen MR) is 90.9 cm³/mol. The summed E-state index contributed by atoms with van der Waals surface area (Å²) in [7, 11) is -2.67. The van der Waals surface area contributed by atoms with Crippen molar-refractivity contribution in [1.29, 1.82) is 0 Å². The second kappa shape index (κ2) is 6.64. The number of sulfonamides is 1. The molecule has 0 unspecified atom stereocenters. The van der Waals surface area contributed by atoms with E-state index in [1.807, 2.05) is 0 Å². The lowest BCUT2D eigenvalue weighted by molar-refractivity contribution is -0.139. The van der Waals surface area contributed by atoms with Crippen molar-refractivity contribution in [3.8, 4) is 0 Å². The summed E-state index contributed by atoms with van der Waals surface area (Å²) in [6, 6.07) is 3.86. The largest absolute Gasteiger partial charge is 0.468 e. The van der Waals surface area contributed by atoms with Crippen LogP contribution in [0.15, 0.2) is 18.2 Å². The zero-order valence-corrected chi connectivity index (χ0v) is 15.4. The molecule has 1 saturated heterocycles. The average molecular weight is 389 g/mol. The van der Waals surface area contributed by atoms with E-state index in [0.717, 1.165) is 0 Å². The molecule has 1 aromatic carbocycles. The number of methoxy groups -OCH3 is 1. The molecule has 136 valence electrons. The Morgan fingerprint density at radius 2 is 2.00 bits per heavy atom. The van der Waals surface area contributed by atoms with Crippen molar-refractivity contribution in [3.63, 3.8) is 0 Å². The number of halogens is 1. The van der Waals surface area contributed by atoms with E-state index in [-0.39, 0.29) is 28.6 Å². The van der Waals surface area contributed by atoms with Crippen molar-refractivity contribution in [2.45, 2.75) is 13.8 Å². The van der Waals surface area contributed by atoms with E-state index in [1.54, 1.807) is 0 Å². The lowest BCUT2D eigenvalue weighted by atomic mass is 9.95. The second-order valence-electron chi connectivity index (χ2n) is 6.13. The number of hydrogen-bond acceptors (Lipinski definition) is 6. The molecule has 0 atom stereocenters. The first kappa shape index (κ1) is 19.2. The standard InChI is InChI=1S/C15H17ClN2O6S/c1-15(2)8-25(22,23)18(14(15)21)9-4-5-11(16)10(6-9)13(20)17-7-12(19)24-3/h4-6H,7-8H2,1-3H3,(H,17,20). The van der Waals surface area contributed by atoms with Crippen LogP contribution in [0.5, 0.6) is 0 Å². The Kier molecular flexibility index (Phi) is 5.10. The van der Waals surface area contributed by atoms with Crippen molar-refractivity contribution in [1.82, 2.24) is 5.32 Å². The number of nitrogens with zero attached hydrogens (tertiary/aromatic N) is 1. The van der Waals surface area contributed by atoms with E-state index in [2.05, 4.69) is 10.1 Å². The highest BCUT2D eigenvalue weighted by Gasteiger charge is 2.50. The predicted octanol–water partition coefficient (Wildman–Crippen LogP) is 0.945. The topological polar surface area (TPSA) is 110 Å². The van der Waals surface area contributed by atoms with Gasteiger partial charge in [-0.1, -0.05) is 11.6 Å². The minimum atomic E-state index is -3.85. The fourth-order valence-corrected chi connectivity index (χ4v) is 4.70. The van der Waals surface area contributed by atoms with Crippen molar-refractivity contribution in [2.24, 2.45) is 5.41 Å². The zero-order chi connectivity index (χ0) is 19.0. The smallest absolute Gasteiger partial charge is 0.325 e. The summed E-state index contributed by atoms with van der Waals surface area (Å²) in [5.74, 6) is -2.26. The first-order valence-corrected chi connectivity index (χ1v) is 9.20. The Labute approximate surface area is 150 Å². The van der Waals surface area contributed by atoms with Gasteiger partial charge in [0.2, 0.25) is 15.9 Å². The number of anilines is 1. The summed E-state index contributed by atoms with van der Waals surface area (Å²) in [5, 5.41) is 2.36. The van der Waals surface area contributed by atoms with Crippen molar-refractivity contribution in [2.75, 3.05) is 23.7 Å². The molecule has 1 aromatic rings. The number of carbonyl (C=O) groups excluding carboxylic acids is 3. The highest BCUT2D eigenvalue weighted by molar-refractivity contribution is 7.94. The number of carbonyl (C=O) groups is 3. The Balaban J connectivity index is 2.38. The van der Waals surface area contributed by atoms with Crippen LogP contribution in [0.1, 0.15) is 24.2 Å². The summed E-state index contributed by atoms with van der Waals surface area (Å²) in [4.78, 5) is 35.7. The van der Waals surface area contributed by atoms with Gasteiger partial charge in [-0.25, -0.2) is 12.7 Å². The van der Waals surface area contributed by atoms with E-state index >= 15 is 0 Å². The van der Waals surface area contributed by atoms with Gasteiger partial charge in [-0.15, -0.1) is 0 Å². The quantitative estimate of drug-likeness (QED) is 0.769. The van der Waals surface area contributed by atoms with E-state index < -0.39 is 33.2 Å². The molecule has 0 aromatic heterocycles. The molecule has 1 N–H and O–H groups in total. The minimum absolute atomic E-state index is 0.0168. The fraction of sp³-hybridized carbons (Fsp3) is 0.400. The van der Waals surface area contributed by atoms with Crippen LogP contribution >= 0.6 is 11.6 Å². The molecule has 1 heterocycles. The molecule has 8 nitrogen and oxygen atoms in total. The third-order valence-electron chi connectivity index (χ3n) is 3.63. The molecule has 0 spiro atoms. The SMILES string of the molecule is COC(=O)CNC(=O)c1cc(N2C(=O)C(C)(C)CS2(=O)=O)ccc1Cl. The van der Waals surface area contributed by atoms with Gasteiger partial charge in [0.25, 0.3) is 5.91 Å². The first-order chi connectivity index (χ1) is 11.5. The van der Waals surface area contributed by atoms with E-state index in [1.165, 1.54) is 39.2 Å². The first-order valence-electron chi connectivity index (χ1n) is 7.21. The van der Waals surface area contributed by atoms with Gasteiger partial charge in [-0.2, -0.15) is 0 Å². The molecule has 0 bridgehead atoms. The van der Waals surface area contributed by atoms with Crippen LogP contribution in [-0.4, -0.2) is 45.6 Å². The highest BCUT2D eigenvalue weighted by atomic mass is 35.5. The van der Waals surface area contributed by atoms with Gasteiger partial charge in [-0.3, -0.25) is 14.4 Å². The van der Waals surface area contributed by atoms with Crippen LogP contribution in [0.2, 0.25) is 5.02 Å². The van der Waals surface area contributed by atoms with E-state index in [9.17, 15) is 22.8 Å². The number of esters is 1. The molecule has 25 heavy (non-hydrogen) atoms. The van der Waals surface area contributed by atoms with Gasteiger partial charge in [0, 0.05) is 0 Å². The summed E-state index contributed by atoms with van der Waals surface area (Å²) < 4.78 is 29.7. The van der Waals surface area contributed by atoms with Gasteiger partial charge >= 0.3 is 5.97 Å². The molecule has 2 amide bonds. The Morgan fingerprint density at radius 3 is 2.52 bits per heavy atom. The third-order valence-corrected chi connectivity index (χ3v) is 5.98. The second-order valence-corrected chi connectivity index (χ2v) is 8.36. The third kappa shape index (κ3) is 3.77. The monoisotopic (exact) mass is 388 g/mol. The van der Waals surface area contributed by atoms with Crippen LogP contribution in [0.3, 0.4) is 0 Å². The lowest BCUT2D eigenvalue weighted by Gasteiger charge is -2.18. The van der Waals surface area contributed by atoms with E-state index in [0.29, 0.717) is 4.31 Å². The zero-order valence-electron chi connectivity index (χ0n) is 13.8. The summed E-state index contributed by atoms with van der Waals surface area (Å²) in [5.41, 5.74) is -1.11. The van der Waals surface area contributed by atoms with Gasteiger partial charge in [0.1, 0.15) is 6.54 Å². The molecule has 2 rings (SSSR count). The molecule has 1 fully saturated rings. The van der Waals surface area contributed by atoms with Gasteiger partial charge in [0.05, 0.1) is 34.6 Å². The van der Waals surface area contributed by atoms with Crippen molar-refractivity contribution in [3.05, 3.63) is 28.8 Å². The van der Waals surface area contributed by atoms with Crippen LogP contribution in [0.4, 0.5) is 5.69 Å². The number of rotatable bonds is 4. The summed E-state index contributed by atoms with van der Waals surface area (Å²) in [6.45, 7) is 2.70. The van der Waals surface area contributed by atoms with Gasteiger partial charge < -0.3 is 10.1 Å². The average Bonchev–Trinajstić information content (AvgIpc) is 2.68. The summed E-state index contributed by atoms with van der Waals surface area (Å²) >= 11 is 5.98.